The van der Waals surface area contributed by atoms with E-state index in [1.807, 2.05) is 29.3 Å². The van der Waals surface area contributed by atoms with Crippen molar-refractivity contribution in [1.82, 2.24) is 9.91 Å². The summed E-state index contributed by atoms with van der Waals surface area (Å²) in [6.45, 7) is 7.02. The van der Waals surface area contributed by atoms with Crippen LogP contribution in [0.25, 0.3) is 0 Å². The highest BCUT2D eigenvalue weighted by Gasteiger charge is 2.15. The van der Waals surface area contributed by atoms with Crippen LogP contribution in [0.2, 0.25) is 0 Å². The number of nitrogens with zero attached hydrogens (tertiary/aromatic N) is 4. The van der Waals surface area contributed by atoms with Gasteiger partial charge < -0.3 is 0 Å². The zero-order chi connectivity index (χ0) is 16.1. The van der Waals surface area contributed by atoms with E-state index in [2.05, 4.69) is 62.4 Å². The molecule has 1 aliphatic rings. The molecule has 0 aliphatic carbocycles. The molecule has 0 unspecified atom stereocenters. The van der Waals surface area contributed by atoms with Crippen LogP contribution in [0.5, 0.6) is 0 Å². The standard InChI is InChI=1S/C18H21BrN4/c1-15-2-4-16(5-3-15)14-22-10-12-23(13-11-22)21-20-18-8-6-17(19)7-9-18/h2-9H,10-14H2,1H3/b21-20+. The first kappa shape index (κ1) is 16.1. The lowest BCUT2D eigenvalue weighted by molar-refractivity contribution is 0.124. The van der Waals surface area contributed by atoms with Crippen molar-refractivity contribution in [2.75, 3.05) is 26.2 Å². The van der Waals surface area contributed by atoms with Gasteiger partial charge in [0.05, 0.1) is 18.8 Å². The Labute approximate surface area is 145 Å². The molecule has 0 spiro atoms. The molecule has 5 heteroatoms. The molecule has 1 saturated heterocycles. The van der Waals surface area contributed by atoms with Crippen LogP contribution in [0.4, 0.5) is 5.69 Å². The average molecular weight is 373 g/mol. The van der Waals surface area contributed by atoms with Crippen molar-refractivity contribution in [3.05, 3.63) is 64.1 Å². The van der Waals surface area contributed by atoms with Crippen molar-refractivity contribution in [1.29, 1.82) is 0 Å². The van der Waals surface area contributed by atoms with Crippen LogP contribution in [0.15, 0.2) is 63.3 Å². The van der Waals surface area contributed by atoms with Gasteiger partial charge in [-0.25, -0.2) is 0 Å². The lowest BCUT2D eigenvalue weighted by Gasteiger charge is -2.32. The predicted octanol–water partition coefficient (Wildman–Crippen LogP) is 4.57. The van der Waals surface area contributed by atoms with Gasteiger partial charge in [0.1, 0.15) is 0 Å². The molecule has 2 aromatic carbocycles. The first-order valence-electron chi connectivity index (χ1n) is 7.89. The first-order valence-corrected chi connectivity index (χ1v) is 8.68. The van der Waals surface area contributed by atoms with E-state index in [0.717, 1.165) is 42.9 Å². The van der Waals surface area contributed by atoms with Gasteiger partial charge >= 0.3 is 0 Å². The Balaban J connectivity index is 1.48. The normalized spacial score (nSPS) is 16.2. The van der Waals surface area contributed by atoms with Crippen molar-refractivity contribution in [3.63, 3.8) is 0 Å². The minimum Gasteiger partial charge on any atom is -0.295 e. The molecule has 1 aliphatic heterocycles. The van der Waals surface area contributed by atoms with Gasteiger partial charge in [0.15, 0.2) is 0 Å². The Morgan fingerprint density at radius 1 is 0.913 bits per heavy atom. The molecule has 0 amide bonds. The largest absolute Gasteiger partial charge is 0.295 e. The monoisotopic (exact) mass is 372 g/mol. The van der Waals surface area contributed by atoms with Crippen LogP contribution in [0, 0.1) is 6.92 Å². The van der Waals surface area contributed by atoms with Gasteiger partial charge in [0.25, 0.3) is 0 Å². The second-order valence-electron chi connectivity index (χ2n) is 5.88. The number of piperazine rings is 1. The summed E-state index contributed by atoms with van der Waals surface area (Å²) in [5, 5.41) is 10.7. The van der Waals surface area contributed by atoms with E-state index in [4.69, 9.17) is 0 Å². The molecule has 23 heavy (non-hydrogen) atoms. The molecule has 0 aromatic heterocycles. The summed E-state index contributed by atoms with van der Waals surface area (Å²) < 4.78 is 1.06. The molecule has 0 bridgehead atoms. The Morgan fingerprint density at radius 2 is 1.57 bits per heavy atom. The van der Waals surface area contributed by atoms with E-state index in [9.17, 15) is 0 Å². The highest BCUT2D eigenvalue weighted by molar-refractivity contribution is 9.10. The summed E-state index contributed by atoms with van der Waals surface area (Å²) in [4.78, 5) is 2.47. The number of halogens is 1. The smallest absolute Gasteiger partial charge is 0.0875 e. The molecular formula is C18H21BrN4. The van der Waals surface area contributed by atoms with E-state index >= 15 is 0 Å². The molecule has 3 rings (SSSR count). The van der Waals surface area contributed by atoms with Crippen LogP contribution in [0.1, 0.15) is 11.1 Å². The highest BCUT2D eigenvalue weighted by atomic mass is 79.9. The maximum atomic E-state index is 4.35. The third-order valence-electron chi connectivity index (χ3n) is 3.99. The summed E-state index contributed by atoms with van der Waals surface area (Å²) in [5.41, 5.74) is 3.57. The Bertz CT molecular complexity index is 644. The number of hydrogen-bond acceptors (Lipinski definition) is 3. The molecule has 120 valence electrons. The molecule has 2 aromatic rings. The van der Waals surface area contributed by atoms with Crippen LogP contribution in [0.3, 0.4) is 0 Å². The Kier molecular flexibility index (Phi) is 5.41. The van der Waals surface area contributed by atoms with Gasteiger partial charge in [0.2, 0.25) is 0 Å². The highest BCUT2D eigenvalue weighted by Crippen LogP contribution is 2.18. The van der Waals surface area contributed by atoms with Crippen LogP contribution >= 0.6 is 15.9 Å². The molecular weight excluding hydrogens is 352 g/mol. The second kappa shape index (κ2) is 7.70. The maximum Gasteiger partial charge on any atom is 0.0875 e. The number of aryl methyl sites for hydroxylation is 1. The van der Waals surface area contributed by atoms with Gasteiger partial charge in [0, 0.05) is 24.1 Å². The molecule has 1 fully saturated rings. The molecule has 0 N–H and O–H groups in total. The summed E-state index contributed by atoms with van der Waals surface area (Å²) in [7, 11) is 0. The predicted molar refractivity (Wildman–Crippen MR) is 96.7 cm³/mol. The summed E-state index contributed by atoms with van der Waals surface area (Å²) >= 11 is 3.42. The van der Waals surface area contributed by atoms with Gasteiger partial charge in [-0.3, -0.25) is 9.91 Å². The van der Waals surface area contributed by atoms with Gasteiger partial charge in [-0.15, -0.1) is 5.11 Å². The van der Waals surface area contributed by atoms with Crippen molar-refractivity contribution < 1.29 is 0 Å². The van der Waals surface area contributed by atoms with Crippen molar-refractivity contribution in [2.45, 2.75) is 13.5 Å². The van der Waals surface area contributed by atoms with Crippen LogP contribution in [-0.2, 0) is 6.54 Å². The first-order chi connectivity index (χ1) is 11.2. The third-order valence-corrected chi connectivity index (χ3v) is 4.52. The Morgan fingerprint density at radius 3 is 2.22 bits per heavy atom. The van der Waals surface area contributed by atoms with E-state index in [0.29, 0.717) is 0 Å². The van der Waals surface area contributed by atoms with Crippen LogP contribution in [-0.4, -0.2) is 36.1 Å². The van der Waals surface area contributed by atoms with Crippen molar-refractivity contribution in [3.8, 4) is 0 Å². The number of benzene rings is 2. The van der Waals surface area contributed by atoms with Crippen molar-refractivity contribution >= 4 is 21.6 Å². The quantitative estimate of drug-likeness (QED) is 0.735. The molecule has 4 nitrogen and oxygen atoms in total. The zero-order valence-electron chi connectivity index (χ0n) is 13.3. The number of rotatable bonds is 4. The maximum absolute atomic E-state index is 4.35. The van der Waals surface area contributed by atoms with Gasteiger partial charge in [-0.05, 0) is 36.8 Å². The van der Waals surface area contributed by atoms with Crippen molar-refractivity contribution in [2.24, 2.45) is 10.3 Å². The SMILES string of the molecule is Cc1ccc(CN2CCN(/N=N/c3ccc(Br)cc3)CC2)cc1. The summed E-state index contributed by atoms with van der Waals surface area (Å²) in [6.07, 6.45) is 0. The van der Waals surface area contributed by atoms with E-state index in [-0.39, 0.29) is 0 Å². The zero-order valence-corrected chi connectivity index (χ0v) is 14.9. The van der Waals surface area contributed by atoms with Crippen LogP contribution < -0.4 is 0 Å². The third kappa shape index (κ3) is 4.88. The number of hydrogen-bond donors (Lipinski definition) is 0. The van der Waals surface area contributed by atoms with E-state index in [1.165, 1.54) is 11.1 Å². The fourth-order valence-electron chi connectivity index (χ4n) is 2.56. The van der Waals surface area contributed by atoms with E-state index < -0.39 is 0 Å². The molecule has 0 radical (unpaired) electrons. The average Bonchev–Trinajstić information content (AvgIpc) is 2.58. The van der Waals surface area contributed by atoms with E-state index in [1.54, 1.807) is 0 Å². The fourth-order valence-corrected chi connectivity index (χ4v) is 2.82. The molecule has 0 atom stereocenters. The Hall–Kier alpha value is -1.72. The lowest BCUT2D eigenvalue weighted by Crippen LogP contribution is -2.43. The van der Waals surface area contributed by atoms with Gasteiger partial charge in [-0.2, -0.15) is 0 Å². The molecule has 0 saturated carbocycles. The lowest BCUT2D eigenvalue weighted by atomic mass is 10.1. The van der Waals surface area contributed by atoms with Gasteiger partial charge in [-0.1, -0.05) is 51.0 Å². The molecule has 1 heterocycles. The topological polar surface area (TPSA) is 31.2 Å². The summed E-state index contributed by atoms with van der Waals surface area (Å²) in [5.74, 6) is 0. The fraction of sp³-hybridized carbons (Fsp3) is 0.333. The minimum atomic E-state index is 0.885. The summed E-state index contributed by atoms with van der Waals surface area (Å²) in [6, 6.07) is 16.7. The second-order valence-corrected chi connectivity index (χ2v) is 6.80. The minimum absolute atomic E-state index is 0.885.